The summed E-state index contributed by atoms with van der Waals surface area (Å²) >= 11 is 0. The zero-order chi connectivity index (χ0) is 39.2. The number of pyridine rings is 1. The van der Waals surface area contributed by atoms with E-state index in [0.717, 1.165) is 22.6 Å². The maximum absolute atomic E-state index is 4.91. The molecule has 2 aliphatic rings. The highest BCUT2D eigenvalue weighted by atomic mass is 15.2. The van der Waals surface area contributed by atoms with Gasteiger partial charge in [-0.15, -0.1) is 0 Å². The molecule has 0 saturated heterocycles. The third kappa shape index (κ3) is 6.48. The van der Waals surface area contributed by atoms with Gasteiger partial charge in [0.1, 0.15) is 0 Å². The molecule has 3 nitrogen and oxygen atoms in total. The third-order valence-corrected chi connectivity index (χ3v) is 11.7. The standard InChI is InChI=1S/C51H56BN3/c1-48(2,3)34-16-22-38(23-17-34)54-43-26-20-36(50(7,8)9)31-40(43)52-41-32-37(51(10,11)12)21-27-44(41)55(39-24-18-35(19-25-39)49(4,5)6)46-30-33(29-45(54)47(46)52)42-15-13-14-28-53-42/h13-32H,1-12H3. The molecule has 55 heavy (non-hydrogen) atoms. The molecule has 8 rings (SSSR count). The second kappa shape index (κ2) is 12.7. The van der Waals surface area contributed by atoms with E-state index in [1.807, 2.05) is 12.3 Å². The summed E-state index contributed by atoms with van der Waals surface area (Å²) in [6, 6.07) is 44.0. The molecule has 0 atom stereocenters. The molecule has 0 saturated carbocycles. The summed E-state index contributed by atoms with van der Waals surface area (Å²) < 4.78 is 0. The Balaban J connectivity index is 1.50. The van der Waals surface area contributed by atoms with E-state index in [1.54, 1.807) is 0 Å². The van der Waals surface area contributed by atoms with E-state index in [4.69, 9.17) is 4.98 Å². The van der Waals surface area contributed by atoms with Crippen molar-refractivity contribution in [1.82, 2.24) is 4.98 Å². The Morgan fingerprint density at radius 1 is 0.418 bits per heavy atom. The van der Waals surface area contributed by atoms with Crippen molar-refractivity contribution in [3.8, 4) is 11.3 Å². The number of aromatic nitrogens is 1. The lowest BCUT2D eigenvalue weighted by Gasteiger charge is -2.45. The van der Waals surface area contributed by atoms with Crippen molar-refractivity contribution < 1.29 is 0 Å². The Hall–Kier alpha value is -5.09. The zero-order valence-corrected chi connectivity index (χ0v) is 35.0. The summed E-state index contributed by atoms with van der Waals surface area (Å²) in [6.45, 7) is 27.7. The summed E-state index contributed by atoms with van der Waals surface area (Å²) in [5, 5.41) is 0. The minimum absolute atomic E-state index is 0.00818. The van der Waals surface area contributed by atoms with Crippen LogP contribution in [0.1, 0.15) is 105 Å². The highest BCUT2D eigenvalue weighted by Crippen LogP contribution is 2.47. The molecule has 278 valence electrons. The van der Waals surface area contributed by atoms with Gasteiger partial charge >= 0.3 is 0 Å². The first-order valence-corrected chi connectivity index (χ1v) is 20.0. The van der Waals surface area contributed by atoms with Crippen molar-refractivity contribution in [3.05, 3.63) is 144 Å². The number of benzene rings is 5. The van der Waals surface area contributed by atoms with Crippen LogP contribution >= 0.6 is 0 Å². The molecule has 1 aromatic heterocycles. The molecule has 6 aromatic rings. The van der Waals surface area contributed by atoms with Gasteiger partial charge in [0, 0.05) is 45.9 Å². The van der Waals surface area contributed by atoms with E-state index in [-0.39, 0.29) is 28.4 Å². The topological polar surface area (TPSA) is 19.4 Å². The molecular weight excluding hydrogens is 665 g/mol. The molecule has 4 heteroatoms. The highest BCUT2D eigenvalue weighted by molar-refractivity contribution is 7.00. The van der Waals surface area contributed by atoms with E-state index in [1.165, 1.54) is 61.4 Å². The summed E-state index contributed by atoms with van der Waals surface area (Å²) in [6.07, 6.45) is 1.90. The Labute approximate surface area is 330 Å². The van der Waals surface area contributed by atoms with E-state index < -0.39 is 0 Å². The average molecular weight is 722 g/mol. The SMILES string of the molecule is CC(C)(C)c1ccc(N2c3ccc(C(C)(C)C)cc3B3c4cc(C(C)(C)C)ccc4N(c4ccc(C(C)(C)C)cc4)c4cc(-c5ccccn5)cc2c43)cc1. The molecule has 0 fully saturated rings. The highest BCUT2D eigenvalue weighted by Gasteiger charge is 2.44. The minimum atomic E-state index is -0.00818. The average Bonchev–Trinajstić information content (AvgIpc) is 3.13. The lowest BCUT2D eigenvalue weighted by Crippen LogP contribution is -2.61. The smallest absolute Gasteiger partial charge is 0.252 e. The fraction of sp³-hybridized carbons (Fsp3) is 0.314. The number of anilines is 6. The number of nitrogens with zero attached hydrogens (tertiary/aromatic N) is 3. The van der Waals surface area contributed by atoms with E-state index in [2.05, 4.69) is 202 Å². The van der Waals surface area contributed by atoms with Gasteiger partial charge < -0.3 is 9.80 Å². The van der Waals surface area contributed by atoms with Crippen LogP contribution in [0.5, 0.6) is 0 Å². The van der Waals surface area contributed by atoms with Crippen LogP contribution in [0.15, 0.2) is 121 Å². The Kier molecular flexibility index (Phi) is 8.54. The summed E-state index contributed by atoms with van der Waals surface area (Å²) in [7, 11) is 0. The van der Waals surface area contributed by atoms with Crippen LogP contribution in [-0.4, -0.2) is 11.7 Å². The minimum Gasteiger partial charge on any atom is -0.311 e. The van der Waals surface area contributed by atoms with Crippen molar-refractivity contribution >= 4 is 57.2 Å². The fourth-order valence-electron chi connectivity index (χ4n) is 8.40. The summed E-state index contributed by atoms with van der Waals surface area (Å²) in [4.78, 5) is 9.96. The molecule has 0 aliphatic carbocycles. The molecule has 0 radical (unpaired) electrons. The number of hydrogen-bond donors (Lipinski definition) is 0. The van der Waals surface area contributed by atoms with Crippen LogP contribution in [0, 0.1) is 0 Å². The van der Waals surface area contributed by atoms with Crippen molar-refractivity contribution in [2.75, 3.05) is 9.80 Å². The fourth-order valence-corrected chi connectivity index (χ4v) is 8.40. The molecule has 0 bridgehead atoms. The first kappa shape index (κ1) is 36.9. The van der Waals surface area contributed by atoms with Crippen molar-refractivity contribution in [1.29, 1.82) is 0 Å². The first-order chi connectivity index (χ1) is 25.8. The van der Waals surface area contributed by atoms with Gasteiger partial charge in [-0.25, -0.2) is 0 Å². The van der Waals surface area contributed by atoms with Crippen LogP contribution in [0.2, 0.25) is 0 Å². The van der Waals surface area contributed by atoms with Crippen molar-refractivity contribution in [3.63, 3.8) is 0 Å². The summed E-state index contributed by atoms with van der Waals surface area (Å²) in [5.41, 5.74) is 18.7. The molecular formula is C51H56BN3. The van der Waals surface area contributed by atoms with Gasteiger partial charge in [0.05, 0.1) is 5.69 Å². The largest absolute Gasteiger partial charge is 0.311 e. The number of hydrogen-bond acceptors (Lipinski definition) is 3. The Bertz CT molecular complexity index is 2250. The van der Waals surface area contributed by atoms with Crippen LogP contribution in [0.3, 0.4) is 0 Å². The predicted molar refractivity (Wildman–Crippen MR) is 238 cm³/mol. The van der Waals surface area contributed by atoms with Crippen LogP contribution in [-0.2, 0) is 21.7 Å². The lowest BCUT2D eigenvalue weighted by molar-refractivity contribution is 0.590. The van der Waals surface area contributed by atoms with Crippen LogP contribution < -0.4 is 26.2 Å². The van der Waals surface area contributed by atoms with E-state index in [0.29, 0.717) is 0 Å². The summed E-state index contributed by atoms with van der Waals surface area (Å²) in [5.74, 6) is 0. The van der Waals surface area contributed by atoms with Gasteiger partial charge in [0.15, 0.2) is 0 Å². The zero-order valence-electron chi connectivity index (χ0n) is 35.0. The van der Waals surface area contributed by atoms with Crippen molar-refractivity contribution in [2.24, 2.45) is 0 Å². The molecule has 5 aromatic carbocycles. The molecule has 0 N–H and O–H groups in total. The van der Waals surface area contributed by atoms with E-state index in [9.17, 15) is 0 Å². The lowest BCUT2D eigenvalue weighted by atomic mass is 9.33. The van der Waals surface area contributed by atoms with Gasteiger partial charge in [-0.05, 0) is 121 Å². The number of fused-ring (bicyclic) bond motifs is 4. The quantitative estimate of drug-likeness (QED) is 0.169. The molecule has 3 heterocycles. The van der Waals surface area contributed by atoms with Gasteiger partial charge in [0.25, 0.3) is 6.71 Å². The van der Waals surface area contributed by atoms with Gasteiger partial charge in [-0.2, -0.15) is 0 Å². The Morgan fingerprint density at radius 2 is 0.818 bits per heavy atom. The molecule has 0 amide bonds. The van der Waals surface area contributed by atoms with Gasteiger partial charge in [-0.1, -0.05) is 138 Å². The van der Waals surface area contributed by atoms with Gasteiger partial charge in [0.2, 0.25) is 0 Å². The maximum Gasteiger partial charge on any atom is 0.252 e. The second-order valence-corrected chi connectivity index (χ2v) is 19.9. The predicted octanol–water partition coefficient (Wildman–Crippen LogP) is 12.0. The van der Waals surface area contributed by atoms with Crippen LogP contribution in [0.25, 0.3) is 11.3 Å². The maximum atomic E-state index is 4.91. The first-order valence-electron chi connectivity index (χ1n) is 20.0. The molecule has 0 spiro atoms. The molecule has 2 aliphatic heterocycles. The van der Waals surface area contributed by atoms with Crippen molar-refractivity contribution in [2.45, 2.75) is 105 Å². The normalized spacial score (nSPS) is 14.1. The third-order valence-electron chi connectivity index (χ3n) is 11.7. The monoisotopic (exact) mass is 721 g/mol. The van der Waals surface area contributed by atoms with E-state index >= 15 is 0 Å². The van der Waals surface area contributed by atoms with Crippen LogP contribution in [0.4, 0.5) is 34.1 Å². The number of rotatable bonds is 3. The molecule has 0 unspecified atom stereocenters. The Morgan fingerprint density at radius 3 is 1.18 bits per heavy atom. The second-order valence-electron chi connectivity index (χ2n) is 19.9. The van der Waals surface area contributed by atoms with Gasteiger partial charge in [-0.3, -0.25) is 4.98 Å².